The molecular weight excluding hydrogens is 563 g/mol. The van der Waals surface area contributed by atoms with Crippen LogP contribution in [0.25, 0.3) is 44.3 Å². The lowest BCUT2D eigenvalue weighted by molar-refractivity contribution is -0.137. The minimum absolute atomic E-state index is 0.0623. The standard InChI is InChI=1S/C36H34F3N3O2/c37-36(38,39)29-12-6-4-10-27(29)31-17-14-25-22-26(15-16-30(25)40-31)35-34(24-8-2-1-3-9-24)28-11-5-7-13-32(28)42(35)23-33(43)41-18-20-44-21-19-41/h4-7,10-17,22,24H,1-3,8-9,18-21,23H2. The number of para-hydroxylation sites is 1. The van der Waals surface area contributed by atoms with Gasteiger partial charge in [-0.3, -0.25) is 4.79 Å². The summed E-state index contributed by atoms with van der Waals surface area (Å²) in [5.74, 6) is 0.458. The number of halogens is 3. The maximum absolute atomic E-state index is 13.8. The molecule has 0 unspecified atom stereocenters. The molecule has 3 aromatic carbocycles. The first-order chi connectivity index (χ1) is 21.4. The third kappa shape index (κ3) is 5.36. The van der Waals surface area contributed by atoms with Crippen molar-refractivity contribution in [2.75, 3.05) is 26.3 Å². The summed E-state index contributed by atoms with van der Waals surface area (Å²) in [4.78, 5) is 20.2. The van der Waals surface area contributed by atoms with E-state index in [1.165, 1.54) is 42.3 Å². The van der Waals surface area contributed by atoms with E-state index in [0.717, 1.165) is 41.1 Å². The van der Waals surface area contributed by atoms with Gasteiger partial charge in [0.25, 0.3) is 0 Å². The van der Waals surface area contributed by atoms with E-state index in [-0.39, 0.29) is 23.7 Å². The SMILES string of the molecule is O=C(Cn1c(-c2ccc3nc(-c4ccccc4C(F)(F)F)ccc3c2)c(C2CCCCC2)c2ccccc21)N1CCOCC1. The summed E-state index contributed by atoms with van der Waals surface area (Å²) < 4.78 is 48.9. The largest absolute Gasteiger partial charge is 0.417 e. The van der Waals surface area contributed by atoms with Crippen LogP contribution in [0.3, 0.4) is 0 Å². The van der Waals surface area contributed by atoms with E-state index in [2.05, 4.69) is 33.8 Å². The average molecular weight is 598 g/mol. The molecule has 0 radical (unpaired) electrons. The van der Waals surface area contributed by atoms with Gasteiger partial charge >= 0.3 is 6.18 Å². The van der Waals surface area contributed by atoms with Gasteiger partial charge in [-0.1, -0.05) is 67.8 Å². The first kappa shape index (κ1) is 28.6. The van der Waals surface area contributed by atoms with Crippen LogP contribution >= 0.6 is 0 Å². The Kier molecular flexibility index (Phi) is 7.62. The summed E-state index contributed by atoms with van der Waals surface area (Å²) in [6.45, 7) is 2.50. The molecule has 0 N–H and O–H groups in total. The molecule has 1 amide bonds. The van der Waals surface area contributed by atoms with Crippen molar-refractivity contribution in [3.05, 3.63) is 90.0 Å². The first-order valence-electron chi connectivity index (χ1n) is 15.4. The minimum atomic E-state index is -4.47. The number of ether oxygens (including phenoxy) is 1. The fourth-order valence-corrected chi connectivity index (χ4v) is 7.03. The van der Waals surface area contributed by atoms with Crippen LogP contribution < -0.4 is 0 Å². The maximum atomic E-state index is 13.8. The number of amides is 1. The van der Waals surface area contributed by atoms with E-state index in [9.17, 15) is 18.0 Å². The average Bonchev–Trinajstić information content (AvgIpc) is 3.38. The number of nitrogens with zero attached hydrogens (tertiary/aromatic N) is 3. The highest BCUT2D eigenvalue weighted by Crippen LogP contribution is 2.45. The predicted molar refractivity (Wildman–Crippen MR) is 166 cm³/mol. The van der Waals surface area contributed by atoms with Crippen LogP contribution in [0.2, 0.25) is 0 Å². The summed E-state index contributed by atoms with van der Waals surface area (Å²) in [6.07, 6.45) is 1.34. The van der Waals surface area contributed by atoms with Crippen LogP contribution in [-0.2, 0) is 22.3 Å². The molecule has 1 saturated heterocycles. The fraction of sp³-hybridized carbons (Fsp3) is 0.333. The van der Waals surface area contributed by atoms with Gasteiger partial charge < -0.3 is 14.2 Å². The number of hydrogen-bond acceptors (Lipinski definition) is 3. The summed E-state index contributed by atoms with van der Waals surface area (Å²) in [7, 11) is 0. The molecule has 7 rings (SSSR count). The fourth-order valence-electron chi connectivity index (χ4n) is 7.03. The molecule has 2 aromatic heterocycles. The first-order valence-corrected chi connectivity index (χ1v) is 15.4. The Morgan fingerprint density at radius 1 is 0.886 bits per heavy atom. The molecule has 5 nitrogen and oxygen atoms in total. The lowest BCUT2D eigenvalue weighted by Crippen LogP contribution is -2.42. The zero-order valence-corrected chi connectivity index (χ0v) is 24.4. The third-order valence-electron chi connectivity index (χ3n) is 9.15. The third-order valence-corrected chi connectivity index (χ3v) is 9.15. The molecule has 0 atom stereocenters. The topological polar surface area (TPSA) is 47.4 Å². The normalized spacial score (nSPS) is 16.6. The summed E-state index contributed by atoms with van der Waals surface area (Å²) in [5, 5.41) is 2.02. The van der Waals surface area contributed by atoms with E-state index in [4.69, 9.17) is 4.74 Å². The lowest BCUT2D eigenvalue weighted by Gasteiger charge is -2.28. The van der Waals surface area contributed by atoms with Crippen molar-refractivity contribution < 1.29 is 22.7 Å². The van der Waals surface area contributed by atoms with Gasteiger partial charge in [0.15, 0.2) is 0 Å². The number of fused-ring (bicyclic) bond motifs is 2. The molecule has 2 aliphatic rings. The maximum Gasteiger partial charge on any atom is 0.417 e. The van der Waals surface area contributed by atoms with Gasteiger partial charge in [-0.05, 0) is 60.2 Å². The van der Waals surface area contributed by atoms with Crippen LogP contribution in [0.1, 0.15) is 49.1 Å². The summed E-state index contributed by atoms with van der Waals surface area (Å²) in [5.41, 5.74) is 4.63. The van der Waals surface area contributed by atoms with Crippen LogP contribution in [-0.4, -0.2) is 46.7 Å². The van der Waals surface area contributed by atoms with Crippen molar-refractivity contribution in [2.45, 2.75) is 50.7 Å². The van der Waals surface area contributed by atoms with Crippen molar-refractivity contribution >= 4 is 27.7 Å². The second kappa shape index (κ2) is 11.7. The second-order valence-electron chi connectivity index (χ2n) is 11.8. The van der Waals surface area contributed by atoms with Crippen molar-refractivity contribution in [3.63, 3.8) is 0 Å². The molecule has 1 aliphatic heterocycles. The molecule has 3 heterocycles. The zero-order valence-electron chi connectivity index (χ0n) is 24.4. The smallest absolute Gasteiger partial charge is 0.378 e. The quantitative estimate of drug-likeness (QED) is 0.204. The van der Waals surface area contributed by atoms with Crippen LogP contribution in [0.4, 0.5) is 13.2 Å². The highest BCUT2D eigenvalue weighted by Gasteiger charge is 2.34. The van der Waals surface area contributed by atoms with Crippen LogP contribution in [0.15, 0.2) is 78.9 Å². The van der Waals surface area contributed by atoms with Crippen molar-refractivity contribution in [3.8, 4) is 22.5 Å². The van der Waals surface area contributed by atoms with Crippen molar-refractivity contribution in [2.24, 2.45) is 0 Å². The monoisotopic (exact) mass is 597 g/mol. The summed E-state index contributed by atoms with van der Waals surface area (Å²) >= 11 is 0. The molecule has 2 fully saturated rings. The number of benzene rings is 3. The number of alkyl halides is 3. The lowest BCUT2D eigenvalue weighted by atomic mass is 9.82. The van der Waals surface area contributed by atoms with E-state index in [1.54, 1.807) is 12.1 Å². The zero-order chi connectivity index (χ0) is 30.3. The number of pyridine rings is 1. The molecule has 1 aliphatic carbocycles. The Balaban J connectivity index is 1.36. The summed E-state index contributed by atoms with van der Waals surface area (Å²) in [6, 6.07) is 23.4. The molecule has 8 heteroatoms. The highest BCUT2D eigenvalue weighted by atomic mass is 19.4. The van der Waals surface area contributed by atoms with E-state index in [0.29, 0.717) is 37.7 Å². The van der Waals surface area contributed by atoms with Crippen molar-refractivity contribution in [1.82, 2.24) is 14.5 Å². The van der Waals surface area contributed by atoms with Gasteiger partial charge in [0.1, 0.15) is 6.54 Å². The van der Waals surface area contributed by atoms with Gasteiger partial charge in [-0.25, -0.2) is 4.98 Å². The second-order valence-corrected chi connectivity index (χ2v) is 11.8. The van der Waals surface area contributed by atoms with E-state index in [1.807, 2.05) is 29.2 Å². The van der Waals surface area contributed by atoms with Gasteiger partial charge in [0.2, 0.25) is 5.91 Å². The van der Waals surface area contributed by atoms with Crippen LogP contribution in [0.5, 0.6) is 0 Å². The predicted octanol–water partition coefficient (Wildman–Crippen LogP) is 8.45. The number of carbonyl (C=O) groups is 1. The Bertz CT molecular complexity index is 1830. The Morgan fingerprint density at radius 3 is 2.43 bits per heavy atom. The van der Waals surface area contributed by atoms with Gasteiger partial charge in [0.05, 0.1) is 35.7 Å². The molecule has 1 saturated carbocycles. The molecule has 44 heavy (non-hydrogen) atoms. The number of morpholine rings is 1. The Hall–Kier alpha value is -4.17. The molecule has 0 spiro atoms. The number of aromatic nitrogens is 2. The number of carbonyl (C=O) groups excluding carboxylic acids is 1. The van der Waals surface area contributed by atoms with Gasteiger partial charge in [-0.2, -0.15) is 13.2 Å². The van der Waals surface area contributed by atoms with Gasteiger partial charge in [0, 0.05) is 34.9 Å². The van der Waals surface area contributed by atoms with E-state index < -0.39 is 11.7 Å². The van der Waals surface area contributed by atoms with Gasteiger partial charge in [-0.15, -0.1) is 0 Å². The number of hydrogen-bond donors (Lipinski definition) is 0. The molecule has 5 aromatic rings. The molecular formula is C36H34F3N3O2. The molecule has 0 bridgehead atoms. The minimum Gasteiger partial charge on any atom is -0.378 e. The molecule has 226 valence electrons. The Morgan fingerprint density at radius 2 is 1.64 bits per heavy atom. The number of rotatable bonds is 5. The Labute approximate surface area is 254 Å². The van der Waals surface area contributed by atoms with E-state index >= 15 is 0 Å². The highest BCUT2D eigenvalue weighted by molar-refractivity contribution is 5.96. The van der Waals surface area contributed by atoms with Crippen LogP contribution in [0, 0.1) is 0 Å². The van der Waals surface area contributed by atoms with Crippen molar-refractivity contribution in [1.29, 1.82) is 0 Å².